The predicted molar refractivity (Wildman–Crippen MR) is 99.6 cm³/mol. The van der Waals surface area contributed by atoms with Crippen molar-refractivity contribution in [3.8, 4) is 11.8 Å². The Morgan fingerprint density at radius 3 is 2.32 bits per heavy atom. The van der Waals surface area contributed by atoms with Gasteiger partial charge < -0.3 is 9.64 Å². The van der Waals surface area contributed by atoms with Gasteiger partial charge in [-0.2, -0.15) is 5.26 Å². The molecule has 1 aliphatic heterocycles. The molecule has 130 valence electrons. The molecule has 3 rings (SSSR count). The summed E-state index contributed by atoms with van der Waals surface area (Å²) in [5, 5.41) is 8.93. The topological polar surface area (TPSA) is 39.5 Å². The minimum Gasteiger partial charge on any atom is -0.497 e. The molecule has 1 fully saturated rings. The summed E-state index contributed by atoms with van der Waals surface area (Å²) in [6.07, 6.45) is 0. The summed E-state index contributed by atoms with van der Waals surface area (Å²) in [5.41, 5.74) is 3.33. The van der Waals surface area contributed by atoms with Gasteiger partial charge in [0, 0.05) is 31.6 Å². The van der Waals surface area contributed by atoms with Crippen LogP contribution in [0.4, 0.5) is 0 Å². The van der Waals surface area contributed by atoms with Crippen molar-refractivity contribution >= 4 is 0 Å². The second kappa shape index (κ2) is 7.69. The van der Waals surface area contributed by atoms with Crippen molar-refractivity contribution in [3.05, 3.63) is 65.2 Å². The highest BCUT2D eigenvalue weighted by Gasteiger charge is 2.34. The largest absolute Gasteiger partial charge is 0.497 e. The minimum absolute atomic E-state index is 0.485. The van der Waals surface area contributed by atoms with Crippen molar-refractivity contribution in [1.82, 2.24) is 9.80 Å². The van der Waals surface area contributed by atoms with Crippen LogP contribution < -0.4 is 4.74 Å². The molecule has 25 heavy (non-hydrogen) atoms. The molecule has 2 atom stereocenters. The van der Waals surface area contributed by atoms with Gasteiger partial charge in [-0.1, -0.05) is 24.3 Å². The zero-order chi connectivity index (χ0) is 17.8. The number of likely N-dealkylation sites (N-methyl/N-ethyl adjacent to an activating group) is 1. The quantitative estimate of drug-likeness (QED) is 0.842. The summed E-state index contributed by atoms with van der Waals surface area (Å²) in [5.74, 6) is 1.39. The molecule has 1 heterocycles. The van der Waals surface area contributed by atoms with Crippen LogP contribution >= 0.6 is 0 Å². The first-order valence-corrected chi connectivity index (χ1v) is 8.62. The first-order valence-electron chi connectivity index (χ1n) is 8.62. The number of methoxy groups -OCH3 is 1. The number of rotatable bonds is 5. The monoisotopic (exact) mass is 335 g/mol. The highest BCUT2D eigenvalue weighted by Crippen LogP contribution is 2.32. The molecule has 4 heteroatoms. The van der Waals surface area contributed by atoms with Crippen LogP contribution in [0, 0.1) is 11.3 Å². The first kappa shape index (κ1) is 17.5. The van der Waals surface area contributed by atoms with Gasteiger partial charge in [0.25, 0.3) is 0 Å². The maximum absolute atomic E-state index is 8.93. The number of benzene rings is 2. The molecule has 0 spiro atoms. The lowest BCUT2D eigenvalue weighted by molar-refractivity contribution is 0.260. The van der Waals surface area contributed by atoms with Gasteiger partial charge in [0.05, 0.1) is 18.7 Å². The molecule has 0 radical (unpaired) electrons. The summed E-state index contributed by atoms with van der Waals surface area (Å²) in [6.45, 7) is 3.00. The lowest BCUT2D eigenvalue weighted by atomic mass is 9.93. The van der Waals surface area contributed by atoms with Gasteiger partial charge in [-0.15, -0.1) is 0 Å². The van der Waals surface area contributed by atoms with Crippen molar-refractivity contribution < 1.29 is 4.74 Å². The van der Waals surface area contributed by atoms with Crippen LogP contribution in [0.2, 0.25) is 0 Å². The van der Waals surface area contributed by atoms with Crippen LogP contribution in [0.5, 0.6) is 5.75 Å². The molecule has 0 N–H and O–H groups in total. The van der Waals surface area contributed by atoms with Gasteiger partial charge >= 0.3 is 0 Å². The number of hydrogen-bond acceptors (Lipinski definition) is 4. The average Bonchev–Trinajstić information content (AvgIpc) is 3.06. The van der Waals surface area contributed by atoms with Gasteiger partial charge in [0.15, 0.2) is 0 Å². The molecule has 1 aliphatic rings. The molecule has 0 unspecified atom stereocenters. The Balaban J connectivity index is 1.74. The average molecular weight is 335 g/mol. The van der Waals surface area contributed by atoms with Crippen molar-refractivity contribution in [2.75, 3.05) is 34.3 Å². The third kappa shape index (κ3) is 4.01. The number of nitriles is 1. The van der Waals surface area contributed by atoms with Gasteiger partial charge in [0.2, 0.25) is 0 Å². The van der Waals surface area contributed by atoms with E-state index in [1.165, 1.54) is 11.1 Å². The Morgan fingerprint density at radius 1 is 1.08 bits per heavy atom. The lowest BCUT2D eigenvalue weighted by Gasteiger charge is -2.25. The smallest absolute Gasteiger partial charge is 0.118 e. The number of likely N-dealkylation sites (tertiary alicyclic amines) is 1. The Morgan fingerprint density at radius 2 is 1.76 bits per heavy atom. The van der Waals surface area contributed by atoms with Gasteiger partial charge in [-0.3, -0.25) is 4.90 Å². The maximum atomic E-state index is 8.93. The van der Waals surface area contributed by atoms with E-state index >= 15 is 0 Å². The number of hydrogen-bond donors (Lipinski definition) is 0. The fourth-order valence-electron chi connectivity index (χ4n) is 3.64. The summed E-state index contributed by atoms with van der Waals surface area (Å²) in [6, 6.07) is 19.1. The predicted octanol–water partition coefficient (Wildman–Crippen LogP) is 3.10. The van der Waals surface area contributed by atoms with Gasteiger partial charge in [0.1, 0.15) is 5.75 Å². The summed E-state index contributed by atoms with van der Waals surface area (Å²) in [4.78, 5) is 4.83. The fraction of sp³-hybridized carbons (Fsp3) is 0.381. The maximum Gasteiger partial charge on any atom is 0.118 e. The molecule has 4 nitrogen and oxygen atoms in total. The van der Waals surface area contributed by atoms with Crippen LogP contribution in [0.25, 0.3) is 0 Å². The van der Waals surface area contributed by atoms with Crippen molar-refractivity contribution in [2.45, 2.75) is 18.5 Å². The number of ether oxygens (including phenoxy) is 1. The summed E-state index contributed by atoms with van der Waals surface area (Å²) < 4.78 is 5.28. The minimum atomic E-state index is 0.485. The third-order valence-electron chi connectivity index (χ3n) is 5.06. The van der Waals surface area contributed by atoms with E-state index in [1.54, 1.807) is 7.11 Å². The molecule has 0 bridgehead atoms. The number of nitrogens with zero attached hydrogens (tertiary/aromatic N) is 3. The van der Waals surface area contributed by atoms with E-state index in [-0.39, 0.29) is 0 Å². The molecule has 2 aromatic rings. The van der Waals surface area contributed by atoms with Gasteiger partial charge in [-0.25, -0.2) is 0 Å². The van der Waals surface area contributed by atoms with E-state index in [4.69, 9.17) is 10.00 Å². The van der Waals surface area contributed by atoms with E-state index < -0.39 is 0 Å². The molecule has 0 amide bonds. The standard InChI is InChI=1S/C21H25N3O/c1-23(2)21-15-24(13-17-6-4-16(12-22)5-7-17)14-20(21)18-8-10-19(25-3)11-9-18/h4-11,20-21H,13-15H2,1-3H3/t20-,21+/m0/s1. The SMILES string of the molecule is COc1ccc([C@@H]2CN(Cc3ccc(C#N)cc3)C[C@H]2N(C)C)cc1. The summed E-state index contributed by atoms with van der Waals surface area (Å²) in [7, 11) is 6.02. The van der Waals surface area contributed by atoms with Crippen molar-refractivity contribution in [3.63, 3.8) is 0 Å². The molecule has 0 saturated carbocycles. The van der Waals surface area contributed by atoms with Crippen molar-refractivity contribution in [1.29, 1.82) is 5.26 Å². The lowest BCUT2D eigenvalue weighted by Crippen LogP contribution is -2.34. The van der Waals surface area contributed by atoms with Crippen LogP contribution in [0.1, 0.15) is 22.6 Å². The molecule has 2 aromatic carbocycles. The Hall–Kier alpha value is -2.35. The summed E-state index contributed by atoms with van der Waals surface area (Å²) >= 11 is 0. The van der Waals surface area contributed by atoms with E-state index in [0.717, 1.165) is 25.4 Å². The van der Waals surface area contributed by atoms with Crippen LogP contribution in [0.15, 0.2) is 48.5 Å². The second-order valence-corrected chi connectivity index (χ2v) is 6.91. The highest BCUT2D eigenvalue weighted by atomic mass is 16.5. The highest BCUT2D eigenvalue weighted by molar-refractivity contribution is 5.33. The van der Waals surface area contributed by atoms with Crippen LogP contribution in [0.3, 0.4) is 0 Å². The van der Waals surface area contributed by atoms with Gasteiger partial charge in [-0.05, 0) is 49.5 Å². The fourth-order valence-corrected chi connectivity index (χ4v) is 3.64. The Labute approximate surface area is 150 Å². The zero-order valence-corrected chi connectivity index (χ0v) is 15.1. The molecule has 0 aliphatic carbocycles. The normalized spacial score (nSPS) is 20.6. The van der Waals surface area contributed by atoms with Crippen molar-refractivity contribution in [2.24, 2.45) is 0 Å². The zero-order valence-electron chi connectivity index (χ0n) is 15.1. The molecular weight excluding hydrogens is 310 g/mol. The first-order chi connectivity index (χ1) is 12.1. The van der Waals surface area contributed by atoms with Crippen LogP contribution in [-0.4, -0.2) is 50.1 Å². The van der Waals surface area contributed by atoms with E-state index in [9.17, 15) is 0 Å². The Bertz CT molecular complexity index is 731. The third-order valence-corrected chi connectivity index (χ3v) is 5.06. The van der Waals surface area contributed by atoms with Crippen LogP contribution in [-0.2, 0) is 6.54 Å². The molecule has 0 aromatic heterocycles. The molecule has 1 saturated heterocycles. The molecular formula is C21H25N3O. The van der Waals surface area contributed by atoms with E-state index in [2.05, 4.69) is 54.2 Å². The van der Waals surface area contributed by atoms with E-state index in [0.29, 0.717) is 17.5 Å². The second-order valence-electron chi connectivity index (χ2n) is 6.91. The Kier molecular flexibility index (Phi) is 5.37. The van der Waals surface area contributed by atoms with E-state index in [1.807, 2.05) is 24.3 Å².